The Morgan fingerprint density at radius 2 is 2.17 bits per heavy atom. The SMILES string of the molecule is CCC1COCCN1CC1CC(C)(C)CCC1N. The van der Waals surface area contributed by atoms with Crippen LogP contribution in [0.25, 0.3) is 0 Å². The standard InChI is InChI=1S/C15H30N2O/c1-4-13-11-18-8-7-17(13)10-12-9-15(2,3)6-5-14(12)16/h12-14H,4-11,16H2,1-3H3. The summed E-state index contributed by atoms with van der Waals surface area (Å²) in [6.07, 6.45) is 4.94. The lowest BCUT2D eigenvalue weighted by atomic mass is 9.70. The summed E-state index contributed by atoms with van der Waals surface area (Å²) < 4.78 is 5.59. The van der Waals surface area contributed by atoms with Gasteiger partial charge in [-0.3, -0.25) is 4.90 Å². The molecular formula is C15H30N2O. The number of morpholine rings is 1. The van der Waals surface area contributed by atoms with Crippen LogP contribution in [-0.2, 0) is 4.74 Å². The second-order valence-corrected chi connectivity index (χ2v) is 6.96. The molecule has 3 unspecified atom stereocenters. The average molecular weight is 254 g/mol. The molecule has 0 bridgehead atoms. The lowest BCUT2D eigenvalue weighted by Gasteiger charge is -2.44. The Kier molecular flexibility index (Phi) is 4.68. The third-order valence-corrected chi connectivity index (χ3v) is 4.86. The molecule has 106 valence electrons. The fraction of sp³-hybridized carbons (Fsp3) is 1.00. The zero-order valence-electron chi connectivity index (χ0n) is 12.3. The summed E-state index contributed by atoms with van der Waals surface area (Å²) in [5.74, 6) is 0.667. The first kappa shape index (κ1) is 14.3. The van der Waals surface area contributed by atoms with Gasteiger partial charge in [0.2, 0.25) is 0 Å². The highest BCUT2D eigenvalue weighted by atomic mass is 16.5. The molecule has 1 saturated carbocycles. The zero-order valence-corrected chi connectivity index (χ0v) is 12.3. The largest absolute Gasteiger partial charge is 0.378 e. The molecular weight excluding hydrogens is 224 g/mol. The van der Waals surface area contributed by atoms with Crippen molar-refractivity contribution in [3.8, 4) is 0 Å². The molecule has 3 heteroatoms. The van der Waals surface area contributed by atoms with Crippen molar-refractivity contribution >= 4 is 0 Å². The van der Waals surface area contributed by atoms with E-state index >= 15 is 0 Å². The minimum atomic E-state index is 0.401. The topological polar surface area (TPSA) is 38.5 Å². The molecule has 0 aromatic rings. The highest BCUT2D eigenvalue weighted by molar-refractivity contribution is 4.90. The fourth-order valence-corrected chi connectivity index (χ4v) is 3.56. The van der Waals surface area contributed by atoms with E-state index in [9.17, 15) is 0 Å². The Labute approximate surface area is 112 Å². The van der Waals surface area contributed by atoms with Crippen molar-refractivity contribution in [1.82, 2.24) is 4.90 Å². The number of hydrogen-bond acceptors (Lipinski definition) is 3. The minimum absolute atomic E-state index is 0.401. The van der Waals surface area contributed by atoms with Crippen LogP contribution in [0.5, 0.6) is 0 Å². The molecule has 2 N–H and O–H groups in total. The fourth-order valence-electron chi connectivity index (χ4n) is 3.56. The van der Waals surface area contributed by atoms with Crippen molar-refractivity contribution in [2.75, 3.05) is 26.3 Å². The van der Waals surface area contributed by atoms with E-state index in [4.69, 9.17) is 10.5 Å². The normalized spacial score (nSPS) is 37.7. The van der Waals surface area contributed by atoms with Crippen molar-refractivity contribution < 1.29 is 4.74 Å². The summed E-state index contributed by atoms with van der Waals surface area (Å²) in [6.45, 7) is 11.1. The Balaban J connectivity index is 1.93. The van der Waals surface area contributed by atoms with Crippen molar-refractivity contribution in [2.45, 2.75) is 58.5 Å². The van der Waals surface area contributed by atoms with Gasteiger partial charge in [-0.1, -0.05) is 20.8 Å². The first-order chi connectivity index (χ1) is 8.52. The van der Waals surface area contributed by atoms with Gasteiger partial charge < -0.3 is 10.5 Å². The Bertz CT molecular complexity index is 267. The lowest BCUT2D eigenvalue weighted by Crippen LogP contribution is -2.51. The van der Waals surface area contributed by atoms with Crippen LogP contribution in [0.3, 0.4) is 0 Å². The van der Waals surface area contributed by atoms with Crippen LogP contribution in [0, 0.1) is 11.3 Å². The molecule has 0 aromatic heterocycles. The van der Waals surface area contributed by atoms with Gasteiger partial charge in [-0.05, 0) is 37.0 Å². The quantitative estimate of drug-likeness (QED) is 0.839. The summed E-state index contributed by atoms with van der Waals surface area (Å²) in [6, 6.07) is 1.01. The summed E-state index contributed by atoms with van der Waals surface area (Å²) in [4.78, 5) is 2.62. The van der Waals surface area contributed by atoms with Crippen LogP contribution < -0.4 is 5.73 Å². The molecule has 3 nitrogen and oxygen atoms in total. The smallest absolute Gasteiger partial charge is 0.0622 e. The van der Waals surface area contributed by atoms with Gasteiger partial charge in [0.1, 0.15) is 0 Å². The van der Waals surface area contributed by atoms with Crippen LogP contribution in [0.15, 0.2) is 0 Å². The van der Waals surface area contributed by atoms with Crippen molar-refractivity contribution in [3.05, 3.63) is 0 Å². The van der Waals surface area contributed by atoms with Gasteiger partial charge in [0, 0.05) is 25.2 Å². The maximum absolute atomic E-state index is 6.35. The summed E-state index contributed by atoms with van der Waals surface area (Å²) in [7, 11) is 0. The predicted octanol–water partition coefficient (Wildman–Crippen LogP) is 2.25. The summed E-state index contributed by atoms with van der Waals surface area (Å²) >= 11 is 0. The third kappa shape index (κ3) is 3.46. The van der Waals surface area contributed by atoms with Gasteiger partial charge in [-0.25, -0.2) is 0 Å². The van der Waals surface area contributed by atoms with E-state index in [0.29, 0.717) is 23.4 Å². The maximum Gasteiger partial charge on any atom is 0.0622 e. The lowest BCUT2D eigenvalue weighted by molar-refractivity contribution is -0.0238. The highest BCUT2D eigenvalue weighted by Crippen LogP contribution is 2.38. The van der Waals surface area contributed by atoms with Gasteiger partial charge in [-0.15, -0.1) is 0 Å². The van der Waals surface area contributed by atoms with Gasteiger partial charge in [0.05, 0.1) is 13.2 Å². The number of nitrogens with two attached hydrogens (primary N) is 1. The molecule has 0 spiro atoms. The van der Waals surface area contributed by atoms with Gasteiger partial charge in [0.25, 0.3) is 0 Å². The average Bonchev–Trinajstić information content (AvgIpc) is 2.34. The van der Waals surface area contributed by atoms with E-state index in [1.165, 1.54) is 32.2 Å². The monoisotopic (exact) mass is 254 g/mol. The van der Waals surface area contributed by atoms with Gasteiger partial charge >= 0.3 is 0 Å². The predicted molar refractivity (Wildman–Crippen MR) is 75.6 cm³/mol. The second kappa shape index (κ2) is 5.89. The van der Waals surface area contributed by atoms with Crippen LogP contribution in [-0.4, -0.2) is 43.3 Å². The van der Waals surface area contributed by atoms with E-state index in [0.717, 1.165) is 19.8 Å². The van der Waals surface area contributed by atoms with Crippen LogP contribution in [0.4, 0.5) is 0 Å². The molecule has 2 rings (SSSR count). The van der Waals surface area contributed by atoms with E-state index in [2.05, 4.69) is 25.7 Å². The molecule has 1 heterocycles. The van der Waals surface area contributed by atoms with E-state index in [1.807, 2.05) is 0 Å². The van der Waals surface area contributed by atoms with Crippen molar-refractivity contribution in [1.29, 1.82) is 0 Å². The minimum Gasteiger partial charge on any atom is -0.378 e. The maximum atomic E-state index is 6.35. The van der Waals surface area contributed by atoms with Gasteiger partial charge in [-0.2, -0.15) is 0 Å². The van der Waals surface area contributed by atoms with Crippen molar-refractivity contribution in [3.63, 3.8) is 0 Å². The molecule has 18 heavy (non-hydrogen) atoms. The van der Waals surface area contributed by atoms with Crippen molar-refractivity contribution in [2.24, 2.45) is 17.1 Å². The Morgan fingerprint density at radius 3 is 2.89 bits per heavy atom. The molecule has 3 atom stereocenters. The summed E-state index contributed by atoms with van der Waals surface area (Å²) in [5, 5.41) is 0. The van der Waals surface area contributed by atoms with Crippen LogP contribution in [0.2, 0.25) is 0 Å². The first-order valence-electron chi connectivity index (χ1n) is 7.59. The number of nitrogens with zero attached hydrogens (tertiary/aromatic N) is 1. The van der Waals surface area contributed by atoms with Crippen LogP contribution >= 0.6 is 0 Å². The first-order valence-corrected chi connectivity index (χ1v) is 7.59. The number of ether oxygens (including phenoxy) is 1. The van der Waals surface area contributed by atoms with E-state index in [1.54, 1.807) is 0 Å². The molecule has 1 aliphatic heterocycles. The van der Waals surface area contributed by atoms with E-state index < -0.39 is 0 Å². The van der Waals surface area contributed by atoms with E-state index in [-0.39, 0.29) is 0 Å². The molecule has 0 aromatic carbocycles. The second-order valence-electron chi connectivity index (χ2n) is 6.96. The molecule has 1 saturated heterocycles. The Hall–Kier alpha value is -0.120. The molecule has 1 aliphatic carbocycles. The van der Waals surface area contributed by atoms with Gasteiger partial charge in [0.15, 0.2) is 0 Å². The zero-order chi connectivity index (χ0) is 13.2. The molecule has 2 aliphatic rings. The number of rotatable bonds is 3. The number of hydrogen-bond donors (Lipinski definition) is 1. The molecule has 0 amide bonds. The highest BCUT2D eigenvalue weighted by Gasteiger charge is 2.35. The molecule has 0 radical (unpaired) electrons. The summed E-state index contributed by atoms with van der Waals surface area (Å²) in [5.41, 5.74) is 6.83. The third-order valence-electron chi connectivity index (χ3n) is 4.86. The molecule has 2 fully saturated rings. The van der Waals surface area contributed by atoms with Crippen LogP contribution in [0.1, 0.15) is 46.5 Å². The Morgan fingerprint density at radius 1 is 1.39 bits per heavy atom.